The molecule has 0 aliphatic heterocycles. The Morgan fingerprint density at radius 1 is 1.35 bits per heavy atom. The van der Waals surface area contributed by atoms with E-state index in [9.17, 15) is 5.11 Å². The maximum absolute atomic E-state index is 10.3. The minimum Gasteiger partial charge on any atom is -0.492 e. The molecule has 0 bridgehead atoms. The van der Waals surface area contributed by atoms with E-state index in [1.807, 2.05) is 13.0 Å². The fourth-order valence-corrected chi connectivity index (χ4v) is 2.61. The lowest BCUT2D eigenvalue weighted by atomic mass is 9.78. The van der Waals surface area contributed by atoms with Crippen LogP contribution >= 0.6 is 0 Å². The SMILES string of the molecule is CCCOc1cncc(C(O)CC2CC(OCC)C2)c1. The van der Waals surface area contributed by atoms with Gasteiger partial charge >= 0.3 is 0 Å². The van der Waals surface area contributed by atoms with Gasteiger partial charge in [0.15, 0.2) is 0 Å². The third-order valence-electron chi connectivity index (χ3n) is 3.74. The van der Waals surface area contributed by atoms with Gasteiger partial charge in [-0.1, -0.05) is 6.92 Å². The van der Waals surface area contributed by atoms with Crippen LogP contribution in [0, 0.1) is 5.92 Å². The molecule has 1 aromatic heterocycles. The summed E-state index contributed by atoms with van der Waals surface area (Å²) in [5, 5.41) is 10.3. The molecule has 4 nitrogen and oxygen atoms in total. The number of aliphatic hydroxyl groups excluding tert-OH is 1. The first kappa shape index (κ1) is 15.3. The van der Waals surface area contributed by atoms with E-state index < -0.39 is 6.10 Å². The van der Waals surface area contributed by atoms with Crippen LogP contribution in [-0.2, 0) is 4.74 Å². The molecule has 0 radical (unpaired) electrons. The molecular formula is C16H25NO3. The van der Waals surface area contributed by atoms with E-state index in [4.69, 9.17) is 9.47 Å². The first-order chi connectivity index (χ1) is 9.72. The summed E-state index contributed by atoms with van der Waals surface area (Å²) in [6.45, 7) is 5.55. The molecule has 4 heteroatoms. The van der Waals surface area contributed by atoms with Crippen LogP contribution in [0.3, 0.4) is 0 Å². The molecule has 1 saturated carbocycles. The van der Waals surface area contributed by atoms with Crippen molar-refractivity contribution in [1.29, 1.82) is 0 Å². The second kappa shape index (κ2) is 7.60. The third kappa shape index (κ3) is 4.18. The highest BCUT2D eigenvalue weighted by Crippen LogP contribution is 2.37. The maximum atomic E-state index is 10.3. The average Bonchev–Trinajstić information content (AvgIpc) is 2.43. The van der Waals surface area contributed by atoms with Crippen molar-refractivity contribution in [2.75, 3.05) is 13.2 Å². The molecule has 20 heavy (non-hydrogen) atoms. The molecule has 112 valence electrons. The molecule has 0 aromatic carbocycles. The standard InChI is InChI=1S/C16H25NO3/c1-3-5-20-15-9-13(10-17-11-15)16(18)8-12-6-14(7-12)19-4-2/h9-12,14,16,18H,3-8H2,1-2H3. The lowest BCUT2D eigenvalue weighted by Crippen LogP contribution is -2.32. The van der Waals surface area contributed by atoms with Gasteiger partial charge in [0.25, 0.3) is 0 Å². The minimum atomic E-state index is -0.458. The molecular weight excluding hydrogens is 254 g/mol. The monoisotopic (exact) mass is 279 g/mol. The van der Waals surface area contributed by atoms with E-state index in [0.29, 0.717) is 18.6 Å². The molecule has 1 N–H and O–H groups in total. The van der Waals surface area contributed by atoms with Crippen molar-refractivity contribution < 1.29 is 14.6 Å². The predicted molar refractivity (Wildman–Crippen MR) is 77.7 cm³/mol. The molecule has 0 spiro atoms. The molecule has 1 heterocycles. The zero-order chi connectivity index (χ0) is 14.4. The summed E-state index contributed by atoms with van der Waals surface area (Å²) in [5.74, 6) is 1.30. The van der Waals surface area contributed by atoms with Crippen LogP contribution in [0.25, 0.3) is 0 Å². The van der Waals surface area contributed by atoms with Crippen molar-refractivity contribution in [3.05, 3.63) is 24.0 Å². The fourth-order valence-electron chi connectivity index (χ4n) is 2.61. The Kier molecular flexibility index (Phi) is 5.80. The van der Waals surface area contributed by atoms with E-state index in [2.05, 4.69) is 11.9 Å². The van der Waals surface area contributed by atoms with Crippen molar-refractivity contribution >= 4 is 0 Å². The van der Waals surface area contributed by atoms with Gasteiger partial charge in [0, 0.05) is 18.4 Å². The number of aromatic nitrogens is 1. The number of pyridine rings is 1. The highest BCUT2D eigenvalue weighted by molar-refractivity contribution is 5.25. The molecule has 1 aliphatic carbocycles. The van der Waals surface area contributed by atoms with Crippen LogP contribution in [0.2, 0.25) is 0 Å². The van der Waals surface area contributed by atoms with Crippen LogP contribution in [0.15, 0.2) is 18.5 Å². The van der Waals surface area contributed by atoms with Gasteiger partial charge in [0.2, 0.25) is 0 Å². The van der Waals surface area contributed by atoms with Crippen molar-refractivity contribution in [1.82, 2.24) is 4.98 Å². The Morgan fingerprint density at radius 2 is 2.15 bits per heavy atom. The Bertz CT molecular complexity index is 404. The lowest BCUT2D eigenvalue weighted by molar-refractivity contribution is -0.0380. The van der Waals surface area contributed by atoms with Gasteiger partial charge in [-0.25, -0.2) is 0 Å². The van der Waals surface area contributed by atoms with Gasteiger partial charge in [-0.05, 0) is 44.6 Å². The Hall–Kier alpha value is -1.13. The van der Waals surface area contributed by atoms with Gasteiger partial charge in [-0.3, -0.25) is 4.98 Å². The zero-order valence-electron chi connectivity index (χ0n) is 12.4. The number of ether oxygens (including phenoxy) is 2. The predicted octanol–water partition coefficient (Wildman–Crippen LogP) is 3.11. The Labute approximate surface area is 121 Å². The van der Waals surface area contributed by atoms with E-state index >= 15 is 0 Å². The van der Waals surface area contributed by atoms with Gasteiger partial charge in [-0.2, -0.15) is 0 Å². The van der Waals surface area contributed by atoms with Crippen molar-refractivity contribution in [3.8, 4) is 5.75 Å². The van der Waals surface area contributed by atoms with Crippen LogP contribution < -0.4 is 4.74 Å². The molecule has 1 unspecified atom stereocenters. The fraction of sp³-hybridized carbons (Fsp3) is 0.688. The van der Waals surface area contributed by atoms with Crippen LogP contribution in [0.4, 0.5) is 0 Å². The highest BCUT2D eigenvalue weighted by Gasteiger charge is 2.31. The third-order valence-corrected chi connectivity index (χ3v) is 3.74. The summed E-state index contributed by atoms with van der Waals surface area (Å²) in [6.07, 6.45) is 7.22. The number of aliphatic hydroxyl groups is 1. The summed E-state index contributed by atoms with van der Waals surface area (Å²) in [7, 11) is 0. The molecule has 1 aromatic rings. The van der Waals surface area contributed by atoms with E-state index in [1.54, 1.807) is 12.4 Å². The molecule has 2 rings (SSSR count). The minimum absolute atomic E-state index is 0.398. The number of nitrogens with zero attached hydrogens (tertiary/aromatic N) is 1. The van der Waals surface area contributed by atoms with Crippen molar-refractivity contribution in [2.45, 2.75) is 51.7 Å². The number of hydrogen-bond donors (Lipinski definition) is 1. The largest absolute Gasteiger partial charge is 0.492 e. The first-order valence-corrected chi connectivity index (χ1v) is 7.60. The summed E-state index contributed by atoms with van der Waals surface area (Å²) < 4.78 is 11.1. The van der Waals surface area contributed by atoms with E-state index in [0.717, 1.165) is 43.6 Å². The zero-order valence-corrected chi connectivity index (χ0v) is 12.4. The maximum Gasteiger partial charge on any atom is 0.137 e. The number of hydrogen-bond acceptors (Lipinski definition) is 4. The summed E-state index contributed by atoms with van der Waals surface area (Å²) in [6, 6.07) is 1.89. The lowest BCUT2D eigenvalue weighted by Gasteiger charge is -2.36. The Balaban J connectivity index is 1.82. The van der Waals surface area contributed by atoms with Gasteiger partial charge < -0.3 is 14.6 Å². The normalized spacial score (nSPS) is 23.1. The first-order valence-electron chi connectivity index (χ1n) is 7.60. The van der Waals surface area contributed by atoms with Crippen LogP contribution in [0.1, 0.15) is 51.2 Å². The molecule has 1 aliphatic rings. The topological polar surface area (TPSA) is 51.6 Å². The van der Waals surface area contributed by atoms with E-state index in [-0.39, 0.29) is 0 Å². The second-order valence-corrected chi connectivity index (χ2v) is 5.47. The molecule has 0 saturated heterocycles. The smallest absolute Gasteiger partial charge is 0.137 e. The van der Waals surface area contributed by atoms with Crippen molar-refractivity contribution in [3.63, 3.8) is 0 Å². The molecule has 0 amide bonds. The molecule has 1 fully saturated rings. The van der Waals surface area contributed by atoms with Gasteiger partial charge in [0.05, 0.1) is 25.0 Å². The average molecular weight is 279 g/mol. The van der Waals surface area contributed by atoms with Gasteiger partial charge in [0.1, 0.15) is 5.75 Å². The van der Waals surface area contributed by atoms with Crippen LogP contribution in [0.5, 0.6) is 5.75 Å². The highest BCUT2D eigenvalue weighted by atomic mass is 16.5. The summed E-state index contributed by atoms with van der Waals surface area (Å²) >= 11 is 0. The van der Waals surface area contributed by atoms with E-state index in [1.165, 1.54) is 0 Å². The van der Waals surface area contributed by atoms with Crippen LogP contribution in [-0.4, -0.2) is 29.4 Å². The quantitative estimate of drug-likeness (QED) is 0.794. The Morgan fingerprint density at radius 3 is 2.85 bits per heavy atom. The summed E-state index contributed by atoms with van der Waals surface area (Å²) in [4.78, 5) is 4.14. The summed E-state index contributed by atoms with van der Waals surface area (Å²) in [5.41, 5.74) is 0.846. The van der Waals surface area contributed by atoms with Crippen molar-refractivity contribution in [2.24, 2.45) is 5.92 Å². The molecule has 1 atom stereocenters. The number of rotatable bonds is 8. The second-order valence-electron chi connectivity index (χ2n) is 5.47. The van der Waals surface area contributed by atoms with Gasteiger partial charge in [-0.15, -0.1) is 0 Å².